The highest BCUT2D eigenvalue weighted by atomic mass is 32.2. The van der Waals surface area contributed by atoms with Crippen molar-refractivity contribution >= 4 is 23.6 Å². The van der Waals surface area contributed by atoms with Gasteiger partial charge in [0.15, 0.2) is 0 Å². The molecule has 1 aromatic rings. The van der Waals surface area contributed by atoms with E-state index in [1.807, 2.05) is 13.8 Å². The number of unbranched alkanes of at least 4 members (excludes halogenated alkanes) is 1. The fourth-order valence-electron chi connectivity index (χ4n) is 3.10. The first-order valence-electron chi connectivity index (χ1n) is 9.15. The minimum absolute atomic E-state index is 0.0126. The predicted octanol–water partition coefficient (Wildman–Crippen LogP) is 4.46. The number of nitrogens with zero attached hydrogens (tertiary/aromatic N) is 1. The van der Waals surface area contributed by atoms with Gasteiger partial charge in [0.25, 0.3) is 5.91 Å². The first kappa shape index (κ1) is 21.6. The van der Waals surface area contributed by atoms with E-state index >= 15 is 0 Å². The quantitative estimate of drug-likeness (QED) is 0.565. The third kappa shape index (κ3) is 6.45. The van der Waals surface area contributed by atoms with Gasteiger partial charge in [-0.05, 0) is 62.2 Å². The smallest absolute Gasteiger partial charge is 0.356 e. The Bertz CT molecular complexity index is 649. The summed E-state index contributed by atoms with van der Waals surface area (Å²) < 4.78 is 37.3. The van der Waals surface area contributed by atoms with E-state index < -0.39 is 5.51 Å². The Kier molecular flexibility index (Phi) is 7.59. The van der Waals surface area contributed by atoms with Gasteiger partial charge in [-0.25, -0.2) is 0 Å². The van der Waals surface area contributed by atoms with Crippen LogP contribution >= 0.6 is 11.8 Å². The third-order valence-electron chi connectivity index (χ3n) is 4.68. The lowest BCUT2D eigenvalue weighted by atomic mass is 9.92. The van der Waals surface area contributed by atoms with E-state index in [0.29, 0.717) is 18.7 Å². The van der Waals surface area contributed by atoms with Crippen LogP contribution in [0.3, 0.4) is 0 Å². The highest BCUT2D eigenvalue weighted by Gasteiger charge is 2.33. The molecule has 1 saturated heterocycles. The molecule has 0 bridgehead atoms. The topological polar surface area (TPSA) is 49.4 Å². The number of hydrogen-bond acceptors (Lipinski definition) is 3. The molecule has 1 N–H and O–H groups in total. The molecule has 0 spiro atoms. The number of amides is 2. The number of carbonyl (C=O) groups excluding carboxylic acids is 2. The zero-order chi connectivity index (χ0) is 20.0. The van der Waals surface area contributed by atoms with Crippen molar-refractivity contribution in [2.45, 2.75) is 56.0 Å². The fourth-order valence-corrected chi connectivity index (χ4v) is 3.64. The van der Waals surface area contributed by atoms with Crippen molar-refractivity contribution in [1.82, 2.24) is 10.2 Å². The Labute approximate surface area is 161 Å². The molecule has 2 atom stereocenters. The molecule has 4 nitrogen and oxygen atoms in total. The zero-order valence-electron chi connectivity index (χ0n) is 15.5. The fraction of sp³-hybridized carbons (Fsp3) is 0.579. The summed E-state index contributed by atoms with van der Waals surface area (Å²) in [6, 6.07) is 5.41. The molecule has 2 unspecified atom stereocenters. The van der Waals surface area contributed by atoms with Gasteiger partial charge in [0.05, 0.1) is 5.92 Å². The van der Waals surface area contributed by atoms with Crippen molar-refractivity contribution in [2.24, 2.45) is 5.92 Å². The van der Waals surface area contributed by atoms with Crippen molar-refractivity contribution in [1.29, 1.82) is 0 Å². The van der Waals surface area contributed by atoms with Gasteiger partial charge in [-0.1, -0.05) is 13.3 Å². The number of likely N-dealkylation sites (tertiary alicyclic amines) is 1. The number of thioether (sulfide) groups is 1. The average molecular weight is 402 g/mol. The normalized spacial score (nSPS) is 20.4. The van der Waals surface area contributed by atoms with Crippen LogP contribution < -0.4 is 5.32 Å². The van der Waals surface area contributed by atoms with Crippen LogP contribution in [0, 0.1) is 5.92 Å². The molecule has 27 heavy (non-hydrogen) atoms. The van der Waals surface area contributed by atoms with Gasteiger partial charge < -0.3 is 10.2 Å². The number of piperidine rings is 1. The van der Waals surface area contributed by atoms with Crippen LogP contribution in [0.5, 0.6) is 0 Å². The van der Waals surface area contributed by atoms with Crippen LogP contribution in [0.15, 0.2) is 29.2 Å². The van der Waals surface area contributed by atoms with Crippen LogP contribution in [-0.4, -0.2) is 41.4 Å². The van der Waals surface area contributed by atoms with Gasteiger partial charge in [-0.3, -0.25) is 9.59 Å². The van der Waals surface area contributed by atoms with Crippen molar-refractivity contribution < 1.29 is 22.8 Å². The summed E-state index contributed by atoms with van der Waals surface area (Å²) in [6.07, 6.45) is 3.36. The van der Waals surface area contributed by atoms with E-state index in [9.17, 15) is 22.8 Å². The number of carbonyl (C=O) groups is 2. The van der Waals surface area contributed by atoms with E-state index in [0.717, 1.165) is 25.7 Å². The highest BCUT2D eigenvalue weighted by Crippen LogP contribution is 2.36. The number of rotatable bonds is 6. The summed E-state index contributed by atoms with van der Waals surface area (Å²) >= 11 is -0.207. The van der Waals surface area contributed by atoms with Crippen LogP contribution in [0.25, 0.3) is 0 Å². The lowest BCUT2D eigenvalue weighted by Crippen LogP contribution is -2.49. The monoisotopic (exact) mass is 402 g/mol. The van der Waals surface area contributed by atoms with Gasteiger partial charge in [-0.15, -0.1) is 0 Å². The molecule has 8 heteroatoms. The van der Waals surface area contributed by atoms with Crippen molar-refractivity contribution in [3.63, 3.8) is 0 Å². The Balaban J connectivity index is 2.02. The zero-order valence-corrected chi connectivity index (χ0v) is 16.3. The first-order valence-corrected chi connectivity index (χ1v) is 9.97. The average Bonchev–Trinajstić information content (AvgIpc) is 2.61. The molecule has 0 radical (unpaired) electrons. The highest BCUT2D eigenvalue weighted by molar-refractivity contribution is 8.00. The largest absolute Gasteiger partial charge is 0.446 e. The maximum absolute atomic E-state index is 12.8. The van der Waals surface area contributed by atoms with E-state index in [2.05, 4.69) is 5.32 Å². The maximum atomic E-state index is 12.8. The summed E-state index contributed by atoms with van der Waals surface area (Å²) in [5.74, 6) is -0.538. The number of benzene rings is 1. The molecule has 0 aliphatic carbocycles. The Morgan fingerprint density at radius 1 is 1.22 bits per heavy atom. The molecule has 1 aliphatic rings. The molecule has 2 amide bonds. The minimum Gasteiger partial charge on any atom is -0.356 e. The van der Waals surface area contributed by atoms with Gasteiger partial charge in [0, 0.05) is 29.6 Å². The number of alkyl halides is 3. The number of hydrogen-bond donors (Lipinski definition) is 1. The van der Waals surface area contributed by atoms with E-state index in [4.69, 9.17) is 0 Å². The van der Waals surface area contributed by atoms with Gasteiger partial charge in [-0.2, -0.15) is 13.2 Å². The molecular weight excluding hydrogens is 377 g/mol. The first-order chi connectivity index (χ1) is 12.7. The summed E-state index contributed by atoms with van der Waals surface area (Å²) in [5, 5.41) is 2.91. The molecule has 1 aliphatic heterocycles. The standard InChI is InChI=1S/C19H25F3N2O2S/c1-3-4-11-23-17(25)15-6-5-13(2)24(12-15)18(26)14-7-9-16(10-8-14)27-19(20,21)22/h7-10,13,15H,3-6,11-12H2,1-2H3,(H,23,25). The summed E-state index contributed by atoms with van der Waals surface area (Å²) in [5.41, 5.74) is -4.02. The Morgan fingerprint density at radius 2 is 1.89 bits per heavy atom. The molecule has 150 valence electrons. The van der Waals surface area contributed by atoms with Gasteiger partial charge in [0.1, 0.15) is 0 Å². The molecule has 0 aromatic heterocycles. The molecule has 0 saturated carbocycles. The van der Waals surface area contributed by atoms with Gasteiger partial charge in [0.2, 0.25) is 5.91 Å². The predicted molar refractivity (Wildman–Crippen MR) is 99.5 cm³/mol. The maximum Gasteiger partial charge on any atom is 0.446 e. The SMILES string of the molecule is CCCCNC(=O)C1CCC(C)N(C(=O)c2ccc(SC(F)(F)F)cc2)C1. The van der Waals surface area contributed by atoms with E-state index in [-0.39, 0.29) is 40.4 Å². The third-order valence-corrected chi connectivity index (χ3v) is 5.42. The Hall–Kier alpha value is -1.70. The van der Waals surface area contributed by atoms with Crippen molar-refractivity contribution in [3.05, 3.63) is 29.8 Å². The van der Waals surface area contributed by atoms with Crippen LogP contribution in [-0.2, 0) is 4.79 Å². The Morgan fingerprint density at radius 3 is 2.48 bits per heavy atom. The van der Waals surface area contributed by atoms with Gasteiger partial charge >= 0.3 is 5.51 Å². The summed E-state index contributed by atoms with van der Waals surface area (Å²) in [7, 11) is 0. The van der Waals surface area contributed by atoms with Crippen molar-refractivity contribution in [2.75, 3.05) is 13.1 Å². The van der Waals surface area contributed by atoms with Crippen LogP contribution in [0.1, 0.15) is 49.9 Å². The second kappa shape index (κ2) is 9.48. The summed E-state index contributed by atoms with van der Waals surface area (Å²) in [6.45, 7) is 4.94. The molecule has 1 heterocycles. The van der Waals surface area contributed by atoms with E-state index in [1.165, 1.54) is 24.3 Å². The molecule has 1 fully saturated rings. The molecule has 2 rings (SSSR count). The second-order valence-electron chi connectivity index (χ2n) is 6.80. The van der Waals surface area contributed by atoms with Crippen LogP contribution in [0.4, 0.5) is 13.2 Å². The number of halogens is 3. The van der Waals surface area contributed by atoms with E-state index in [1.54, 1.807) is 4.90 Å². The summed E-state index contributed by atoms with van der Waals surface area (Å²) in [4.78, 5) is 26.8. The minimum atomic E-state index is -4.36. The number of nitrogens with one attached hydrogen (secondary N) is 1. The molecule has 1 aromatic carbocycles. The second-order valence-corrected chi connectivity index (χ2v) is 7.94. The van der Waals surface area contributed by atoms with Crippen molar-refractivity contribution in [3.8, 4) is 0 Å². The lowest BCUT2D eigenvalue weighted by molar-refractivity contribution is -0.126. The lowest BCUT2D eigenvalue weighted by Gasteiger charge is -2.37. The molecular formula is C19H25F3N2O2S. The van der Waals surface area contributed by atoms with Crippen LogP contribution in [0.2, 0.25) is 0 Å².